The highest BCUT2D eigenvalue weighted by Gasteiger charge is 2.40. The van der Waals surface area contributed by atoms with Gasteiger partial charge in [0, 0.05) is 25.6 Å². The zero-order valence-electron chi connectivity index (χ0n) is 12.9. The molecule has 0 saturated heterocycles. The molecule has 0 aromatic heterocycles. The fourth-order valence-corrected chi connectivity index (χ4v) is 2.84. The summed E-state index contributed by atoms with van der Waals surface area (Å²) in [5.74, 6) is 0.681. The quantitative estimate of drug-likeness (QED) is 0.661. The summed E-state index contributed by atoms with van der Waals surface area (Å²) in [5.41, 5.74) is -0.0486. The Balaban J connectivity index is 2.17. The summed E-state index contributed by atoms with van der Waals surface area (Å²) in [6, 6.07) is 5.71. The average Bonchev–Trinajstić information content (AvgIpc) is 2.44. The smallest absolute Gasteiger partial charge is 0.357 e. The lowest BCUT2D eigenvalue weighted by molar-refractivity contribution is -0.137. The third kappa shape index (κ3) is 3.54. The number of benzene rings is 1. The molecule has 2 N–H and O–H groups in total. The molecule has 122 valence electrons. The van der Waals surface area contributed by atoms with Crippen molar-refractivity contribution in [3.05, 3.63) is 35.4 Å². The van der Waals surface area contributed by atoms with E-state index < -0.39 is 11.7 Å². The van der Waals surface area contributed by atoms with Gasteiger partial charge in [0.15, 0.2) is 5.96 Å². The minimum absolute atomic E-state index is 0.230. The molecule has 0 radical (unpaired) electrons. The largest absolute Gasteiger partial charge is 0.416 e. The molecule has 1 aromatic rings. The highest BCUT2D eigenvalue weighted by molar-refractivity contribution is 5.79. The Bertz CT molecular complexity index is 534. The number of nitrogens with one attached hydrogen (secondary N) is 2. The van der Waals surface area contributed by atoms with Crippen LogP contribution >= 0.6 is 0 Å². The van der Waals surface area contributed by atoms with E-state index in [0.717, 1.165) is 37.4 Å². The van der Waals surface area contributed by atoms with Gasteiger partial charge in [-0.2, -0.15) is 13.2 Å². The predicted octanol–water partition coefficient (Wildman–Crippen LogP) is 3.31. The number of rotatable bonds is 4. The first kappa shape index (κ1) is 16.6. The second-order valence-electron chi connectivity index (χ2n) is 5.67. The molecule has 1 fully saturated rings. The van der Waals surface area contributed by atoms with Gasteiger partial charge >= 0.3 is 6.18 Å². The number of guanidine groups is 1. The van der Waals surface area contributed by atoms with Crippen LogP contribution < -0.4 is 10.6 Å². The minimum Gasteiger partial charge on any atom is -0.357 e. The van der Waals surface area contributed by atoms with E-state index in [2.05, 4.69) is 15.6 Å². The van der Waals surface area contributed by atoms with Crippen molar-refractivity contribution in [3.8, 4) is 0 Å². The average molecular weight is 313 g/mol. The number of aliphatic imine (C=N–C) groups is 1. The first-order chi connectivity index (χ1) is 10.4. The zero-order valence-corrected chi connectivity index (χ0v) is 12.9. The van der Waals surface area contributed by atoms with Crippen LogP contribution in [0.5, 0.6) is 0 Å². The van der Waals surface area contributed by atoms with Gasteiger partial charge < -0.3 is 10.6 Å². The van der Waals surface area contributed by atoms with Gasteiger partial charge in [-0.05, 0) is 31.4 Å². The molecule has 0 unspecified atom stereocenters. The molecule has 0 aliphatic heterocycles. The lowest BCUT2D eigenvalue weighted by atomic mass is 9.64. The van der Waals surface area contributed by atoms with Gasteiger partial charge in [0.1, 0.15) is 0 Å². The van der Waals surface area contributed by atoms with Gasteiger partial charge in [0.2, 0.25) is 0 Å². The van der Waals surface area contributed by atoms with Gasteiger partial charge in [-0.3, -0.25) is 4.99 Å². The molecule has 6 heteroatoms. The summed E-state index contributed by atoms with van der Waals surface area (Å²) in [5, 5.41) is 6.33. The minimum atomic E-state index is -4.30. The summed E-state index contributed by atoms with van der Waals surface area (Å²) < 4.78 is 38.7. The SMILES string of the molecule is CCNC(=NC)NCC1(c2cccc(C(F)(F)F)c2)CCC1. The van der Waals surface area contributed by atoms with Crippen LogP contribution in [0.2, 0.25) is 0 Å². The highest BCUT2D eigenvalue weighted by atomic mass is 19.4. The summed E-state index contributed by atoms with van der Waals surface area (Å²) in [6.07, 6.45) is -1.47. The number of alkyl halides is 3. The monoisotopic (exact) mass is 313 g/mol. The Kier molecular flexibility index (Phi) is 4.98. The molecular weight excluding hydrogens is 291 g/mol. The second kappa shape index (κ2) is 6.58. The molecule has 0 atom stereocenters. The lowest BCUT2D eigenvalue weighted by Gasteiger charge is -2.43. The summed E-state index contributed by atoms with van der Waals surface area (Å²) in [6.45, 7) is 3.31. The van der Waals surface area contributed by atoms with E-state index in [9.17, 15) is 13.2 Å². The van der Waals surface area contributed by atoms with Gasteiger partial charge in [-0.25, -0.2) is 0 Å². The van der Waals surface area contributed by atoms with Gasteiger partial charge in [0.25, 0.3) is 0 Å². The molecule has 0 heterocycles. The molecule has 0 spiro atoms. The fraction of sp³-hybridized carbons (Fsp3) is 0.562. The standard InChI is InChI=1S/C16H22F3N3/c1-3-21-14(20-2)22-11-15(8-5-9-15)12-6-4-7-13(10-12)16(17,18)19/h4,6-7,10H,3,5,8-9,11H2,1-2H3,(H2,20,21,22). The van der Waals surface area contributed by atoms with Gasteiger partial charge in [-0.1, -0.05) is 24.6 Å². The van der Waals surface area contributed by atoms with E-state index in [1.807, 2.05) is 6.92 Å². The maximum absolute atomic E-state index is 12.9. The Hall–Kier alpha value is -1.72. The maximum Gasteiger partial charge on any atom is 0.416 e. The molecule has 3 nitrogen and oxygen atoms in total. The van der Waals surface area contributed by atoms with Crippen LogP contribution in [0, 0.1) is 0 Å². The van der Waals surface area contributed by atoms with E-state index in [1.54, 1.807) is 13.1 Å². The lowest BCUT2D eigenvalue weighted by Crippen LogP contribution is -2.48. The van der Waals surface area contributed by atoms with Crippen molar-refractivity contribution in [2.24, 2.45) is 4.99 Å². The van der Waals surface area contributed by atoms with Crippen LogP contribution in [0.3, 0.4) is 0 Å². The Morgan fingerprint density at radius 1 is 1.27 bits per heavy atom. The predicted molar refractivity (Wildman–Crippen MR) is 82.0 cm³/mol. The number of nitrogens with zero attached hydrogens (tertiary/aromatic N) is 1. The van der Waals surface area contributed by atoms with E-state index in [-0.39, 0.29) is 5.41 Å². The van der Waals surface area contributed by atoms with Crippen LogP contribution in [-0.2, 0) is 11.6 Å². The van der Waals surface area contributed by atoms with Crippen LogP contribution in [0.4, 0.5) is 13.2 Å². The van der Waals surface area contributed by atoms with Crippen molar-refractivity contribution >= 4 is 5.96 Å². The molecule has 1 saturated carbocycles. The van der Waals surface area contributed by atoms with Crippen molar-refractivity contribution in [2.75, 3.05) is 20.1 Å². The van der Waals surface area contributed by atoms with Crippen molar-refractivity contribution in [3.63, 3.8) is 0 Å². The number of halogens is 3. The van der Waals surface area contributed by atoms with Crippen LogP contribution in [0.15, 0.2) is 29.3 Å². The van der Waals surface area contributed by atoms with Crippen LogP contribution in [-0.4, -0.2) is 26.1 Å². The highest BCUT2D eigenvalue weighted by Crippen LogP contribution is 2.44. The summed E-state index contributed by atoms with van der Waals surface area (Å²) in [4.78, 5) is 4.10. The topological polar surface area (TPSA) is 36.4 Å². The molecule has 1 aliphatic carbocycles. The third-order valence-corrected chi connectivity index (χ3v) is 4.27. The first-order valence-electron chi connectivity index (χ1n) is 7.53. The second-order valence-corrected chi connectivity index (χ2v) is 5.67. The molecule has 22 heavy (non-hydrogen) atoms. The Morgan fingerprint density at radius 2 is 2.00 bits per heavy atom. The first-order valence-corrected chi connectivity index (χ1v) is 7.53. The van der Waals surface area contributed by atoms with Crippen molar-refractivity contribution in [1.29, 1.82) is 0 Å². The van der Waals surface area contributed by atoms with Gasteiger partial charge in [-0.15, -0.1) is 0 Å². The van der Waals surface area contributed by atoms with E-state index in [1.165, 1.54) is 12.1 Å². The Morgan fingerprint density at radius 3 is 2.50 bits per heavy atom. The molecule has 1 aromatic carbocycles. The maximum atomic E-state index is 12.9. The molecular formula is C16H22F3N3. The van der Waals surface area contributed by atoms with Crippen molar-refractivity contribution < 1.29 is 13.2 Å². The van der Waals surface area contributed by atoms with Crippen LogP contribution in [0.25, 0.3) is 0 Å². The van der Waals surface area contributed by atoms with E-state index in [0.29, 0.717) is 12.5 Å². The Labute approximate surface area is 129 Å². The molecule has 0 amide bonds. The third-order valence-electron chi connectivity index (χ3n) is 4.27. The summed E-state index contributed by atoms with van der Waals surface area (Å²) in [7, 11) is 1.68. The summed E-state index contributed by atoms with van der Waals surface area (Å²) >= 11 is 0. The van der Waals surface area contributed by atoms with Crippen molar-refractivity contribution in [2.45, 2.75) is 37.8 Å². The molecule has 1 aliphatic rings. The number of hydrogen-bond donors (Lipinski definition) is 2. The number of hydrogen-bond acceptors (Lipinski definition) is 1. The van der Waals surface area contributed by atoms with Crippen LogP contribution in [0.1, 0.15) is 37.3 Å². The van der Waals surface area contributed by atoms with E-state index >= 15 is 0 Å². The zero-order chi connectivity index (χ0) is 16.2. The van der Waals surface area contributed by atoms with Gasteiger partial charge in [0.05, 0.1) is 5.56 Å². The molecule has 2 rings (SSSR count). The normalized spacial score (nSPS) is 17.8. The van der Waals surface area contributed by atoms with Crippen molar-refractivity contribution in [1.82, 2.24) is 10.6 Å². The van der Waals surface area contributed by atoms with E-state index in [4.69, 9.17) is 0 Å². The molecule has 0 bridgehead atoms. The fourth-order valence-electron chi connectivity index (χ4n) is 2.84.